The van der Waals surface area contributed by atoms with Crippen LogP contribution in [0.3, 0.4) is 0 Å². The molecule has 20 heavy (non-hydrogen) atoms. The molecule has 1 aromatic heterocycles. The number of rotatable bonds is 3. The number of hydrogen-bond donors (Lipinski definition) is 1. The van der Waals surface area contributed by atoms with Gasteiger partial charge in [0.1, 0.15) is 5.15 Å². The normalized spacial score (nSPS) is 15.9. The Hall–Kier alpha value is -1.03. The van der Waals surface area contributed by atoms with Crippen LogP contribution in [0.4, 0.5) is 0 Å². The van der Waals surface area contributed by atoms with Gasteiger partial charge < -0.3 is 5.11 Å². The molecule has 3 rings (SSSR count). The lowest BCUT2D eigenvalue weighted by atomic mass is 10.0. The predicted molar refractivity (Wildman–Crippen MR) is 80.7 cm³/mol. The highest BCUT2D eigenvalue weighted by atomic mass is 35.5. The largest absolute Gasteiger partial charge is 0.391 e. The minimum absolute atomic E-state index is 0.0712. The molecule has 1 N–H and O–H groups in total. The first kappa shape index (κ1) is 13.9. The molecular weight excluding hydrogens is 295 g/mol. The summed E-state index contributed by atoms with van der Waals surface area (Å²) in [7, 11) is 0. The third kappa shape index (κ3) is 2.46. The minimum Gasteiger partial charge on any atom is -0.391 e. The minimum atomic E-state index is -0.0712. The lowest BCUT2D eigenvalue weighted by Gasteiger charge is -2.06. The van der Waals surface area contributed by atoms with Gasteiger partial charge in [-0.25, -0.2) is 4.68 Å². The summed E-state index contributed by atoms with van der Waals surface area (Å²) in [5.41, 5.74) is 2.57. The molecule has 1 aliphatic rings. The van der Waals surface area contributed by atoms with E-state index in [2.05, 4.69) is 5.10 Å². The summed E-state index contributed by atoms with van der Waals surface area (Å²) >= 11 is 12.3. The fourth-order valence-electron chi connectivity index (χ4n) is 2.87. The molecule has 5 heteroatoms. The Labute approximate surface area is 128 Å². The van der Waals surface area contributed by atoms with E-state index in [9.17, 15) is 5.11 Å². The van der Waals surface area contributed by atoms with Gasteiger partial charge in [-0.2, -0.15) is 5.10 Å². The predicted octanol–water partition coefficient (Wildman–Crippen LogP) is 4.33. The first-order valence-corrected chi connectivity index (χ1v) is 7.60. The van der Waals surface area contributed by atoms with Crippen LogP contribution in [-0.4, -0.2) is 14.9 Å². The zero-order valence-corrected chi connectivity index (χ0v) is 12.5. The number of aliphatic hydroxyl groups is 1. The third-order valence-corrected chi connectivity index (χ3v) is 4.56. The van der Waals surface area contributed by atoms with Gasteiger partial charge in [0.15, 0.2) is 0 Å². The summed E-state index contributed by atoms with van der Waals surface area (Å²) in [6, 6.07) is 7.37. The first-order chi connectivity index (χ1) is 9.70. The van der Waals surface area contributed by atoms with Gasteiger partial charge in [0, 0.05) is 16.5 Å². The SMILES string of the molecule is OCc1c(C2CCCC2)nn(-c2ccc(Cl)cc2)c1Cl. The summed E-state index contributed by atoms with van der Waals surface area (Å²) in [6.07, 6.45) is 4.70. The Bertz CT molecular complexity index is 601. The summed E-state index contributed by atoms with van der Waals surface area (Å²) in [6.45, 7) is -0.0712. The van der Waals surface area contributed by atoms with Crippen molar-refractivity contribution in [3.05, 3.63) is 45.7 Å². The molecule has 0 atom stereocenters. The van der Waals surface area contributed by atoms with Crippen LogP contribution in [0.1, 0.15) is 42.9 Å². The van der Waals surface area contributed by atoms with E-state index in [1.54, 1.807) is 4.68 Å². The van der Waals surface area contributed by atoms with Gasteiger partial charge >= 0.3 is 0 Å². The molecule has 0 bridgehead atoms. The second-order valence-corrected chi connectivity index (χ2v) is 5.98. The van der Waals surface area contributed by atoms with Crippen molar-refractivity contribution in [3.63, 3.8) is 0 Å². The molecule has 2 aromatic rings. The quantitative estimate of drug-likeness (QED) is 0.916. The van der Waals surface area contributed by atoms with E-state index in [-0.39, 0.29) is 6.61 Å². The Morgan fingerprint density at radius 2 is 1.80 bits per heavy atom. The molecule has 0 amide bonds. The van der Waals surface area contributed by atoms with E-state index < -0.39 is 0 Å². The molecule has 1 heterocycles. The average molecular weight is 311 g/mol. The second-order valence-electron chi connectivity index (χ2n) is 5.18. The van der Waals surface area contributed by atoms with E-state index in [1.807, 2.05) is 24.3 Å². The van der Waals surface area contributed by atoms with Gasteiger partial charge in [-0.3, -0.25) is 0 Å². The van der Waals surface area contributed by atoms with Crippen molar-refractivity contribution >= 4 is 23.2 Å². The maximum atomic E-state index is 9.61. The van der Waals surface area contributed by atoms with E-state index in [0.29, 0.717) is 16.1 Å². The van der Waals surface area contributed by atoms with Crippen LogP contribution < -0.4 is 0 Å². The summed E-state index contributed by atoms with van der Waals surface area (Å²) < 4.78 is 1.69. The van der Waals surface area contributed by atoms with Crippen molar-refractivity contribution in [2.45, 2.75) is 38.2 Å². The van der Waals surface area contributed by atoms with Gasteiger partial charge in [0.2, 0.25) is 0 Å². The highest BCUT2D eigenvalue weighted by Gasteiger charge is 2.26. The van der Waals surface area contributed by atoms with Crippen molar-refractivity contribution in [2.75, 3.05) is 0 Å². The molecule has 0 saturated heterocycles. The van der Waals surface area contributed by atoms with Crippen LogP contribution in [0.5, 0.6) is 0 Å². The number of benzene rings is 1. The molecule has 1 aromatic carbocycles. The lowest BCUT2D eigenvalue weighted by Crippen LogP contribution is -2.00. The van der Waals surface area contributed by atoms with Gasteiger partial charge in [-0.05, 0) is 37.1 Å². The van der Waals surface area contributed by atoms with Gasteiger partial charge in [-0.15, -0.1) is 0 Å². The second kappa shape index (κ2) is 5.76. The third-order valence-electron chi connectivity index (χ3n) is 3.92. The first-order valence-electron chi connectivity index (χ1n) is 6.85. The average Bonchev–Trinajstić information content (AvgIpc) is 3.07. The lowest BCUT2D eigenvalue weighted by molar-refractivity contribution is 0.280. The highest BCUT2D eigenvalue weighted by molar-refractivity contribution is 6.31. The molecular formula is C15H16Cl2N2O. The standard InChI is InChI=1S/C15H16Cl2N2O/c16-11-5-7-12(8-6-11)19-15(17)13(9-20)14(18-19)10-3-1-2-4-10/h5-8,10,20H,1-4,9H2. The molecule has 1 saturated carbocycles. The molecule has 3 nitrogen and oxygen atoms in total. The van der Waals surface area contributed by atoms with E-state index in [0.717, 1.165) is 29.8 Å². The fraction of sp³-hybridized carbons (Fsp3) is 0.400. The smallest absolute Gasteiger partial charge is 0.138 e. The fourth-order valence-corrected chi connectivity index (χ4v) is 3.29. The van der Waals surface area contributed by atoms with Crippen LogP contribution in [-0.2, 0) is 6.61 Å². The van der Waals surface area contributed by atoms with Crippen LogP contribution >= 0.6 is 23.2 Å². The molecule has 1 fully saturated rings. The number of hydrogen-bond acceptors (Lipinski definition) is 2. The van der Waals surface area contributed by atoms with Crippen molar-refractivity contribution in [1.82, 2.24) is 9.78 Å². The van der Waals surface area contributed by atoms with E-state index in [4.69, 9.17) is 23.2 Å². The van der Waals surface area contributed by atoms with Crippen molar-refractivity contribution < 1.29 is 5.11 Å². The number of halogens is 2. The monoisotopic (exact) mass is 310 g/mol. The molecule has 106 valence electrons. The summed E-state index contributed by atoms with van der Waals surface area (Å²) in [5, 5.41) is 15.4. The highest BCUT2D eigenvalue weighted by Crippen LogP contribution is 2.38. The molecule has 0 radical (unpaired) electrons. The number of aromatic nitrogens is 2. The summed E-state index contributed by atoms with van der Waals surface area (Å²) in [5.74, 6) is 0.420. The Balaban J connectivity index is 2.05. The van der Waals surface area contributed by atoms with E-state index in [1.165, 1.54) is 12.8 Å². The van der Waals surface area contributed by atoms with Crippen molar-refractivity contribution in [2.24, 2.45) is 0 Å². The van der Waals surface area contributed by atoms with Crippen LogP contribution in [0.15, 0.2) is 24.3 Å². The van der Waals surface area contributed by atoms with Crippen LogP contribution in [0, 0.1) is 0 Å². The Kier molecular flexibility index (Phi) is 4.01. The summed E-state index contributed by atoms with van der Waals surface area (Å²) in [4.78, 5) is 0. The van der Waals surface area contributed by atoms with Gasteiger partial charge in [0.05, 0.1) is 18.0 Å². The van der Waals surface area contributed by atoms with Crippen LogP contribution in [0.25, 0.3) is 5.69 Å². The zero-order chi connectivity index (χ0) is 14.1. The topological polar surface area (TPSA) is 38.1 Å². The Morgan fingerprint density at radius 1 is 1.15 bits per heavy atom. The van der Waals surface area contributed by atoms with Gasteiger partial charge in [-0.1, -0.05) is 36.0 Å². The van der Waals surface area contributed by atoms with Crippen molar-refractivity contribution in [3.8, 4) is 5.69 Å². The van der Waals surface area contributed by atoms with Gasteiger partial charge in [0.25, 0.3) is 0 Å². The van der Waals surface area contributed by atoms with Crippen molar-refractivity contribution in [1.29, 1.82) is 0 Å². The van der Waals surface area contributed by atoms with E-state index >= 15 is 0 Å². The van der Waals surface area contributed by atoms with Crippen LogP contribution in [0.2, 0.25) is 10.2 Å². The molecule has 0 unspecified atom stereocenters. The Morgan fingerprint density at radius 3 is 2.40 bits per heavy atom. The zero-order valence-electron chi connectivity index (χ0n) is 11.0. The molecule has 0 spiro atoms. The molecule has 1 aliphatic carbocycles. The number of aliphatic hydroxyl groups excluding tert-OH is 1. The maximum absolute atomic E-state index is 9.61. The number of nitrogens with zero attached hydrogens (tertiary/aromatic N) is 2. The maximum Gasteiger partial charge on any atom is 0.138 e. The molecule has 0 aliphatic heterocycles.